The molecule has 1 rings (SSSR count). The van der Waals surface area contributed by atoms with Crippen molar-refractivity contribution in [2.24, 2.45) is 0 Å². The molecule has 0 aromatic heterocycles. The Bertz CT molecular complexity index is 333. The lowest BCUT2D eigenvalue weighted by atomic mass is 9.93. The molecule has 0 amide bonds. The summed E-state index contributed by atoms with van der Waals surface area (Å²) in [6.45, 7) is 6.32. The summed E-state index contributed by atoms with van der Waals surface area (Å²) in [5.41, 5.74) is 3.16. The first-order valence-corrected chi connectivity index (χ1v) is 4.69. The van der Waals surface area contributed by atoms with Crippen LogP contribution in [0.25, 0.3) is 0 Å². The van der Waals surface area contributed by atoms with Crippen LogP contribution in [0.1, 0.15) is 42.9 Å². The van der Waals surface area contributed by atoms with E-state index in [0.29, 0.717) is 5.92 Å². The van der Waals surface area contributed by atoms with Gasteiger partial charge in [0.15, 0.2) is 0 Å². The van der Waals surface area contributed by atoms with E-state index in [1.54, 1.807) is 0 Å². The molecule has 1 atom stereocenters. The number of nitriles is 1. The van der Waals surface area contributed by atoms with Crippen LogP contribution in [0.4, 0.5) is 0 Å². The van der Waals surface area contributed by atoms with Crippen molar-refractivity contribution in [1.29, 1.82) is 5.26 Å². The third-order valence-corrected chi connectivity index (χ3v) is 2.47. The standard InChI is InChI=1S/C12H15N/c1-4-10(3)12-6-5-9(2)7-11(12)8-13/h5-7,10H,4H2,1-3H3. The van der Waals surface area contributed by atoms with E-state index in [-0.39, 0.29) is 0 Å². The molecule has 0 aliphatic heterocycles. The number of aryl methyl sites for hydroxylation is 1. The van der Waals surface area contributed by atoms with Gasteiger partial charge < -0.3 is 0 Å². The van der Waals surface area contributed by atoms with E-state index in [4.69, 9.17) is 5.26 Å². The molecule has 0 spiro atoms. The third kappa shape index (κ3) is 2.09. The highest BCUT2D eigenvalue weighted by Gasteiger charge is 2.07. The number of benzene rings is 1. The Kier molecular flexibility index (Phi) is 3.08. The van der Waals surface area contributed by atoms with Gasteiger partial charge in [0.25, 0.3) is 0 Å². The molecule has 0 aliphatic rings. The molecule has 1 aromatic rings. The second-order valence-corrected chi connectivity index (χ2v) is 3.51. The zero-order valence-corrected chi connectivity index (χ0v) is 8.46. The van der Waals surface area contributed by atoms with Crippen LogP contribution in [0.2, 0.25) is 0 Å². The van der Waals surface area contributed by atoms with Gasteiger partial charge in [-0.05, 0) is 36.5 Å². The van der Waals surface area contributed by atoms with Crippen LogP contribution in [0.5, 0.6) is 0 Å². The van der Waals surface area contributed by atoms with E-state index in [2.05, 4.69) is 32.0 Å². The largest absolute Gasteiger partial charge is 0.192 e. The van der Waals surface area contributed by atoms with Gasteiger partial charge in [0, 0.05) is 0 Å². The van der Waals surface area contributed by atoms with Crippen molar-refractivity contribution in [1.82, 2.24) is 0 Å². The molecule has 0 radical (unpaired) electrons. The van der Waals surface area contributed by atoms with E-state index < -0.39 is 0 Å². The minimum Gasteiger partial charge on any atom is -0.192 e. The Hall–Kier alpha value is -1.29. The van der Waals surface area contributed by atoms with Crippen LogP contribution < -0.4 is 0 Å². The van der Waals surface area contributed by atoms with Crippen molar-refractivity contribution in [3.05, 3.63) is 34.9 Å². The average molecular weight is 173 g/mol. The predicted octanol–water partition coefficient (Wildman–Crippen LogP) is 3.38. The first-order chi connectivity index (χ1) is 6.19. The first kappa shape index (κ1) is 9.80. The lowest BCUT2D eigenvalue weighted by Crippen LogP contribution is -1.95. The van der Waals surface area contributed by atoms with E-state index in [0.717, 1.165) is 17.5 Å². The van der Waals surface area contributed by atoms with E-state index >= 15 is 0 Å². The Morgan fingerprint density at radius 2 is 2.15 bits per heavy atom. The molecular formula is C12H15N. The number of hydrogen-bond donors (Lipinski definition) is 0. The summed E-state index contributed by atoms with van der Waals surface area (Å²) in [6.07, 6.45) is 1.08. The Morgan fingerprint density at radius 3 is 2.69 bits per heavy atom. The van der Waals surface area contributed by atoms with Gasteiger partial charge in [0.2, 0.25) is 0 Å². The molecule has 13 heavy (non-hydrogen) atoms. The summed E-state index contributed by atoms with van der Waals surface area (Å²) in [4.78, 5) is 0. The van der Waals surface area contributed by atoms with E-state index in [1.165, 1.54) is 5.56 Å². The van der Waals surface area contributed by atoms with Crippen LogP contribution in [0.3, 0.4) is 0 Å². The highest BCUT2D eigenvalue weighted by atomic mass is 14.3. The molecule has 1 heteroatoms. The minimum absolute atomic E-state index is 0.482. The Balaban J connectivity index is 3.15. The smallest absolute Gasteiger partial charge is 0.0994 e. The molecule has 68 valence electrons. The normalized spacial score (nSPS) is 12.2. The van der Waals surface area contributed by atoms with Gasteiger partial charge in [0.1, 0.15) is 0 Å². The van der Waals surface area contributed by atoms with Crippen molar-refractivity contribution in [2.75, 3.05) is 0 Å². The summed E-state index contributed by atoms with van der Waals surface area (Å²) in [5, 5.41) is 8.94. The SMILES string of the molecule is CCC(C)c1ccc(C)cc1C#N. The van der Waals surface area contributed by atoms with Gasteiger partial charge in [-0.2, -0.15) is 5.26 Å². The fourth-order valence-corrected chi connectivity index (χ4v) is 1.42. The van der Waals surface area contributed by atoms with Crippen molar-refractivity contribution < 1.29 is 0 Å². The molecule has 1 unspecified atom stereocenters. The molecule has 0 N–H and O–H groups in total. The van der Waals surface area contributed by atoms with Gasteiger partial charge >= 0.3 is 0 Å². The van der Waals surface area contributed by atoms with E-state index in [9.17, 15) is 0 Å². The van der Waals surface area contributed by atoms with Gasteiger partial charge in [-0.25, -0.2) is 0 Å². The second kappa shape index (κ2) is 4.09. The molecule has 0 saturated heterocycles. The Morgan fingerprint density at radius 1 is 1.46 bits per heavy atom. The predicted molar refractivity (Wildman–Crippen MR) is 54.6 cm³/mol. The number of hydrogen-bond acceptors (Lipinski definition) is 1. The highest BCUT2D eigenvalue weighted by Crippen LogP contribution is 2.22. The van der Waals surface area contributed by atoms with Crippen LogP contribution in [-0.2, 0) is 0 Å². The molecular weight excluding hydrogens is 158 g/mol. The fourth-order valence-electron chi connectivity index (χ4n) is 1.42. The number of rotatable bonds is 2. The molecule has 1 nitrogen and oxygen atoms in total. The highest BCUT2D eigenvalue weighted by molar-refractivity contribution is 5.42. The Labute approximate surface area is 80.0 Å². The zero-order chi connectivity index (χ0) is 9.84. The minimum atomic E-state index is 0.482. The van der Waals surface area contributed by atoms with E-state index in [1.807, 2.05) is 13.0 Å². The van der Waals surface area contributed by atoms with Gasteiger partial charge in [-0.3, -0.25) is 0 Å². The quantitative estimate of drug-likeness (QED) is 0.672. The summed E-state index contributed by atoms with van der Waals surface area (Å²) in [7, 11) is 0. The summed E-state index contributed by atoms with van der Waals surface area (Å²) in [6, 6.07) is 8.35. The van der Waals surface area contributed by atoms with Crippen molar-refractivity contribution in [3.63, 3.8) is 0 Å². The maximum atomic E-state index is 8.94. The van der Waals surface area contributed by atoms with Crippen molar-refractivity contribution in [3.8, 4) is 6.07 Å². The summed E-state index contributed by atoms with van der Waals surface area (Å²) < 4.78 is 0. The molecule has 0 saturated carbocycles. The maximum absolute atomic E-state index is 8.94. The van der Waals surface area contributed by atoms with Crippen LogP contribution in [0, 0.1) is 18.3 Å². The van der Waals surface area contributed by atoms with Gasteiger partial charge in [0.05, 0.1) is 11.6 Å². The third-order valence-electron chi connectivity index (χ3n) is 2.47. The van der Waals surface area contributed by atoms with Crippen LogP contribution >= 0.6 is 0 Å². The second-order valence-electron chi connectivity index (χ2n) is 3.51. The molecule has 1 aromatic carbocycles. The molecule has 0 aliphatic carbocycles. The maximum Gasteiger partial charge on any atom is 0.0994 e. The molecule has 0 fully saturated rings. The monoisotopic (exact) mass is 173 g/mol. The van der Waals surface area contributed by atoms with Gasteiger partial charge in [-0.15, -0.1) is 0 Å². The molecule has 0 bridgehead atoms. The average Bonchev–Trinajstić information content (AvgIpc) is 2.16. The first-order valence-electron chi connectivity index (χ1n) is 4.69. The van der Waals surface area contributed by atoms with Crippen LogP contribution in [0.15, 0.2) is 18.2 Å². The lowest BCUT2D eigenvalue weighted by molar-refractivity contribution is 0.731. The van der Waals surface area contributed by atoms with Gasteiger partial charge in [-0.1, -0.05) is 26.0 Å². The van der Waals surface area contributed by atoms with Crippen LogP contribution in [-0.4, -0.2) is 0 Å². The topological polar surface area (TPSA) is 23.8 Å². The summed E-state index contributed by atoms with van der Waals surface area (Å²) >= 11 is 0. The number of nitrogens with zero attached hydrogens (tertiary/aromatic N) is 1. The summed E-state index contributed by atoms with van der Waals surface area (Å²) in [5.74, 6) is 0.482. The fraction of sp³-hybridized carbons (Fsp3) is 0.417. The molecule has 0 heterocycles. The lowest BCUT2D eigenvalue weighted by Gasteiger charge is -2.10. The van der Waals surface area contributed by atoms with Crippen molar-refractivity contribution in [2.45, 2.75) is 33.1 Å². The van der Waals surface area contributed by atoms with Crippen molar-refractivity contribution >= 4 is 0 Å². The zero-order valence-electron chi connectivity index (χ0n) is 8.46.